The molecule has 1 unspecified atom stereocenters. The number of aromatic nitrogens is 2. The summed E-state index contributed by atoms with van der Waals surface area (Å²) in [6.07, 6.45) is 1.42. The Balaban J connectivity index is 2.17. The second-order valence-electron chi connectivity index (χ2n) is 4.78. The van der Waals surface area contributed by atoms with Gasteiger partial charge in [0.25, 0.3) is 5.91 Å². The van der Waals surface area contributed by atoms with Gasteiger partial charge in [-0.2, -0.15) is 5.10 Å². The summed E-state index contributed by atoms with van der Waals surface area (Å²) in [5.74, 6) is -0.625. The van der Waals surface area contributed by atoms with Crippen molar-refractivity contribution in [2.24, 2.45) is 7.05 Å². The van der Waals surface area contributed by atoms with E-state index in [1.54, 1.807) is 33.0 Å². The Morgan fingerprint density at radius 1 is 1.50 bits per heavy atom. The third kappa shape index (κ3) is 2.64. The molecule has 1 aromatic heterocycles. The molecule has 2 rings (SSSR count). The molecule has 0 aliphatic rings. The van der Waals surface area contributed by atoms with Gasteiger partial charge >= 0.3 is 0 Å². The zero-order chi connectivity index (χ0) is 14.9. The molecular formula is C14H17FN4O. The number of amides is 1. The van der Waals surface area contributed by atoms with E-state index in [1.165, 1.54) is 16.9 Å². The Bertz CT molecular complexity index is 631. The smallest absolute Gasteiger partial charge is 0.272 e. The Kier molecular flexibility index (Phi) is 3.74. The molecule has 1 amide bonds. The number of halogens is 1. The second kappa shape index (κ2) is 5.32. The average molecular weight is 276 g/mol. The van der Waals surface area contributed by atoms with Crippen LogP contribution in [0.2, 0.25) is 0 Å². The van der Waals surface area contributed by atoms with Crippen LogP contribution in [0.4, 0.5) is 10.1 Å². The molecule has 0 radical (unpaired) electrons. The molecule has 106 valence electrons. The van der Waals surface area contributed by atoms with Gasteiger partial charge in [0.2, 0.25) is 0 Å². The first kappa shape index (κ1) is 14.0. The van der Waals surface area contributed by atoms with E-state index in [4.69, 9.17) is 5.73 Å². The summed E-state index contributed by atoms with van der Waals surface area (Å²) >= 11 is 0. The quantitative estimate of drug-likeness (QED) is 0.899. The van der Waals surface area contributed by atoms with Gasteiger partial charge in [-0.25, -0.2) is 4.39 Å². The van der Waals surface area contributed by atoms with Crippen LogP contribution < -0.4 is 11.1 Å². The molecule has 1 heterocycles. The lowest BCUT2D eigenvalue weighted by atomic mass is 10.1. The molecule has 0 saturated heterocycles. The van der Waals surface area contributed by atoms with Crippen LogP contribution in [0.15, 0.2) is 24.4 Å². The molecule has 2 aromatic rings. The molecule has 1 atom stereocenters. The largest absolute Gasteiger partial charge is 0.396 e. The summed E-state index contributed by atoms with van der Waals surface area (Å²) in [7, 11) is 1.64. The number of nitrogens with two attached hydrogens (primary N) is 1. The SMILES string of the molecule is Cc1ccc(C(C)NC(=O)c2c(N)cnn2C)cc1F. The molecule has 0 aliphatic heterocycles. The zero-order valence-corrected chi connectivity index (χ0v) is 11.6. The van der Waals surface area contributed by atoms with Gasteiger partial charge in [0.1, 0.15) is 11.5 Å². The topological polar surface area (TPSA) is 72.9 Å². The van der Waals surface area contributed by atoms with Gasteiger partial charge < -0.3 is 11.1 Å². The van der Waals surface area contributed by atoms with Crippen molar-refractivity contribution in [2.45, 2.75) is 19.9 Å². The summed E-state index contributed by atoms with van der Waals surface area (Å²) in [6, 6.07) is 4.57. The number of carbonyl (C=O) groups excluding carboxylic acids is 1. The Hall–Kier alpha value is -2.37. The van der Waals surface area contributed by atoms with Crippen molar-refractivity contribution in [2.75, 3.05) is 5.73 Å². The Labute approximate surface area is 116 Å². The highest BCUT2D eigenvalue weighted by Gasteiger charge is 2.18. The van der Waals surface area contributed by atoms with Crippen LogP contribution in [0.5, 0.6) is 0 Å². The average Bonchev–Trinajstić information content (AvgIpc) is 2.72. The minimum Gasteiger partial charge on any atom is -0.396 e. The number of rotatable bonds is 3. The zero-order valence-electron chi connectivity index (χ0n) is 11.6. The predicted octanol–water partition coefficient (Wildman–Crippen LogP) is 1.94. The van der Waals surface area contributed by atoms with E-state index in [0.29, 0.717) is 22.5 Å². The van der Waals surface area contributed by atoms with Crippen molar-refractivity contribution in [3.8, 4) is 0 Å². The Morgan fingerprint density at radius 3 is 2.75 bits per heavy atom. The molecule has 0 fully saturated rings. The van der Waals surface area contributed by atoms with Crippen molar-refractivity contribution in [3.05, 3.63) is 47.0 Å². The van der Waals surface area contributed by atoms with Gasteiger partial charge in [-0.05, 0) is 31.0 Å². The third-order valence-corrected chi connectivity index (χ3v) is 3.23. The first-order chi connectivity index (χ1) is 9.40. The maximum absolute atomic E-state index is 13.5. The van der Waals surface area contributed by atoms with Gasteiger partial charge in [0, 0.05) is 7.05 Å². The monoisotopic (exact) mass is 276 g/mol. The molecule has 1 aromatic carbocycles. The fourth-order valence-electron chi connectivity index (χ4n) is 1.96. The van der Waals surface area contributed by atoms with E-state index in [2.05, 4.69) is 10.4 Å². The van der Waals surface area contributed by atoms with Crippen LogP contribution in [0.3, 0.4) is 0 Å². The lowest BCUT2D eigenvalue weighted by molar-refractivity contribution is 0.0931. The van der Waals surface area contributed by atoms with Gasteiger partial charge in [0.15, 0.2) is 0 Å². The lowest BCUT2D eigenvalue weighted by Crippen LogP contribution is -2.29. The molecule has 0 aliphatic carbocycles. The fourth-order valence-corrected chi connectivity index (χ4v) is 1.96. The van der Waals surface area contributed by atoms with Crippen molar-refractivity contribution < 1.29 is 9.18 Å². The second-order valence-corrected chi connectivity index (χ2v) is 4.78. The van der Waals surface area contributed by atoms with E-state index in [-0.39, 0.29) is 17.8 Å². The van der Waals surface area contributed by atoms with Crippen LogP contribution in [0.25, 0.3) is 0 Å². The number of nitrogen functional groups attached to an aromatic ring is 1. The lowest BCUT2D eigenvalue weighted by Gasteiger charge is -2.15. The molecule has 20 heavy (non-hydrogen) atoms. The van der Waals surface area contributed by atoms with E-state index < -0.39 is 0 Å². The minimum atomic E-state index is -0.337. The standard InChI is InChI=1S/C14H17FN4O/c1-8-4-5-10(6-11(8)15)9(2)18-14(20)13-12(16)7-17-19(13)3/h4-7,9H,16H2,1-3H3,(H,18,20). The number of hydrogen-bond donors (Lipinski definition) is 2. The van der Waals surface area contributed by atoms with Crippen LogP contribution in [-0.4, -0.2) is 15.7 Å². The summed E-state index contributed by atoms with van der Waals surface area (Å²) in [5.41, 5.74) is 7.57. The highest BCUT2D eigenvalue weighted by atomic mass is 19.1. The van der Waals surface area contributed by atoms with Crippen LogP contribution in [0, 0.1) is 12.7 Å². The number of benzene rings is 1. The minimum absolute atomic E-state index is 0.288. The molecular weight excluding hydrogens is 259 g/mol. The van der Waals surface area contributed by atoms with Gasteiger partial charge in [-0.3, -0.25) is 9.48 Å². The van der Waals surface area contributed by atoms with Crippen molar-refractivity contribution >= 4 is 11.6 Å². The van der Waals surface area contributed by atoms with Gasteiger partial charge in [-0.15, -0.1) is 0 Å². The molecule has 0 saturated carbocycles. The number of nitrogens with one attached hydrogen (secondary N) is 1. The molecule has 5 nitrogen and oxygen atoms in total. The number of anilines is 1. The maximum Gasteiger partial charge on any atom is 0.272 e. The summed E-state index contributed by atoms with van der Waals surface area (Å²) in [4.78, 5) is 12.1. The Morgan fingerprint density at radius 2 is 2.20 bits per heavy atom. The van der Waals surface area contributed by atoms with Crippen LogP contribution in [-0.2, 0) is 7.05 Å². The van der Waals surface area contributed by atoms with Crippen molar-refractivity contribution in [3.63, 3.8) is 0 Å². The highest BCUT2D eigenvalue weighted by molar-refractivity contribution is 5.97. The van der Waals surface area contributed by atoms with Crippen molar-refractivity contribution in [1.29, 1.82) is 0 Å². The number of nitrogens with zero attached hydrogens (tertiary/aromatic N) is 2. The van der Waals surface area contributed by atoms with Gasteiger partial charge in [-0.1, -0.05) is 12.1 Å². The van der Waals surface area contributed by atoms with E-state index >= 15 is 0 Å². The molecule has 3 N–H and O–H groups in total. The molecule has 6 heteroatoms. The van der Waals surface area contributed by atoms with Gasteiger partial charge in [0.05, 0.1) is 17.9 Å². The first-order valence-electron chi connectivity index (χ1n) is 6.24. The maximum atomic E-state index is 13.5. The van der Waals surface area contributed by atoms with Crippen LogP contribution >= 0.6 is 0 Å². The number of aryl methyl sites for hydroxylation is 2. The summed E-state index contributed by atoms with van der Waals surface area (Å²) < 4.78 is 14.9. The van der Waals surface area contributed by atoms with E-state index in [9.17, 15) is 9.18 Å². The molecule has 0 bridgehead atoms. The predicted molar refractivity (Wildman–Crippen MR) is 74.6 cm³/mol. The van der Waals surface area contributed by atoms with Crippen molar-refractivity contribution in [1.82, 2.24) is 15.1 Å². The summed E-state index contributed by atoms with van der Waals surface area (Å²) in [6.45, 7) is 3.48. The number of hydrogen-bond acceptors (Lipinski definition) is 3. The summed E-state index contributed by atoms with van der Waals surface area (Å²) in [5, 5.41) is 6.69. The third-order valence-electron chi connectivity index (χ3n) is 3.23. The van der Waals surface area contributed by atoms with E-state index in [0.717, 1.165) is 0 Å². The van der Waals surface area contributed by atoms with Crippen LogP contribution in [0.1, 0.15) is 34.6 Å². The van der Waals surface area contributed by atoms with E-state index in [1.807, 2.05) is 0 Å². The first-order valence-corrected chi connectivity index (χ1v) is 6.24. The highest BCUT2D eigenvalue weighted by Crippen LogP contribution is 2.18. The fraction of sp³-hybridized carbons (Fsp3) is 0.286. The normalized spacial score (nSPS) is 12.2. The number of carbonyl (C=O) groups is 1. The molecule has 0 spiro atoms.